The van der Waals surface area contributed by atoms with Crippen LogP contribution in [-0.2, 0) is 6.54 Å². The van der Waals surface area contributed by atoms with Gasteiger partial charge in [-0.15, -0.1) is 0 Å². The van der Waals surface area contributed by atoms with Crippen molar-refractivity contribution in [3.63, 3.8) is 0 Å². The van der Waals surface area contributed by atoms with E-state index in [2.05, 4.69) is 29.6 Å². The van der Waals surface area contributed by atoms with Crippen molar-refractivity contribution in [1.82, 2.24) is 5.32 Å². The smallest absolute Gasteiger partial charge is 0.0208 e. The van der Waals surface area contributed by atoms with Crippen molar-refractivity contribution in [1.29, 1.82) is 0 Å². The molecular weight excluding hydrogens is 218 g/mol. The molecule has 1 nitrogen and oxygen atoms in total. The van der Waals surface area contributed by atoms with Gasteiger partial charge in [0.15, 0.2) is 0 Å². The molecule has 4 rings (SSSR count). The molecule has 3 aliphatic carbocycles. The third-order valence-corrected chi connectivity index (χ3v) is 5.31. The van der Waals surface area contributed by atoms with Crippen LogP contribution >= 0.6 is 0 Å². The van der Waals surface area contributed by atoms with Gasteiger partial charge in [0.05, 0.1) is 0 Å². The third-order valence-electron chi connectivity index (χ3n) is 5.31. The normalized spacial score (nSPS) is 34.1. The van der Waals surface area contributed by atoms with Gasteiger partial charge >= 0.3 is 0 Å². The van der Waals surface area contributed by atoms with Crippen LogP contribution in [0.3, 0.4) is 0 Å². The van der Waals surface area contributed by atoms with Crippen molar-refractivity contribution < 1.29 is 0 Å². The topological polar surface area (TPSA) is 12.0 Å². The summed E-state index contributed by atoms with van der Waals surface area (Å²) in [5.74, 6) is 2.92. The van der Waals surface area contributed by atoms with E-state index in [9.17, 15) is 0 Å². The Kier molecular flexibility index (Phi) is 2.69. The fourth-order valence-electron chi connectivity index (χ4n) is 4.12. The first-order valence-corrected chi connectivity index (χ1v) is 7.71. The zero-order valence-corrected chi connectivity index (χ0v) is 11.1. The van der Waals surface area contributed by atoms with E-state index < -0.39 is 0 Å². The van der Waals surface area contributed by atoms with Crippen LogP contribution in [0.2, 0.25) is 0 Å². The van der Waals surface area contributed by atoms with Gasteiger partial charge in [-0.2, -0.15) is 0 Å². The van der Waals surface area contributed by atoms with Crippen molar-refractivity contribution in [2.24, 2.45) is 11.8 Å². The summed E-state index contributed by atoms with van der Waals surface area (Å²) in [6, 6.07) is 10.1. The predicted octanol–water partition coefficient (Wildman–Crippen LogP) is 3.84. The molecule has 3 unspecified atom stereocenters. The highest BCUT2D eigenvalue weighted by molar-refractivity contribution is 5.29. The Morgan fingerprint density at radius 3 is 2.72 bits per heavy atom. The minimum Gasteiger partial charge on any atom is -0.310 e. The van der Waals surface area contributed by atoms with Crippen LogP contribution in [0, 0.1) is 11.8 Å². The van der Waals surface area contributed by atoms with Crippen molar-refractivity contribution >= 4 is 0 Å². The van der Waals surface area contributed by atoms with Crippen LogP contribution < -0.4 is 5.32 Å². The zero-order valence-electron chi connectivity index (χ0n) is 11.1. The first-order chi connectivity index (χ1) is 8.88. The number of nitrogens with one attached hydrogen (secondary N) is 1. The van der Waals surface area contributed by atoms with E-state index in [1.807, 2.05) is 0 Å². The maximum absolute atomic E-state index is 3.82. The molecule has 3 fully saturated rings. The van der Waals surface area contributed by atoms with Crippen LogP contribution in [0.15, 0.2) is 24.3 Å². The summed E-state index contributed by atoms with van der Waals surface area (Å²) in [6.07, 6.45) is 8.73. The molecule has 0 aliphatic heterocycles. The summed E-state index contributed by atoms with van der Waals surface area (Å²) in [4.78, 5) is 0. The molecule has 1 aromatic rings. The SMILES string of the molecule is c1cc(CNC2CC3CCC2C3)cc(C2CC2)c1. The molecule has 0 saturated heterocycles. The van der Waals surface area contributed by atoms with Crippen LogP contribution in [0.5, 0.6) is 0 Å². The van der Waals surface area contributed by atoms with Gasteiger partial charge in [-0.3, -0.25) is 0 Å². The predicted molar refractivity (Wildman–Crippen MR) is 74.5 cm³/mol. The van der Waals surface area contributed by atoms with Gasteiger partial charge in [-0.25, -0.2) is 0 Å². The van der Waals surface area contributed by atoms with E-state index in [-0.39, 0.29) is 0 Å². The molecule has 0 amide bonds. The number of rotatable bonds is 4. The van der Waals surface area contributed by atoms with Crippen LogP contribution in [-0.4, -0.2) is 6.04 Å². The highest BCUT2D eigenvalue weighted by Crippen LogP contribution is 2.44. The van der Waals surface area contributed by atoms with Crippen LogP contribution in [0.25, 0.3) is 0 Å². The maximum atomic E-state index is 3.82. The van der Waals surface area contributed by atoms with E-state index in [0.29, 0.717) is 0 Å². The number of hydrogen-bond donors (Lipinski definition) is 1. The Balaban J connectivity index is 1.38. The highest BCUT2D eigenvalue weighted by atomic mass is 14.9. The van der Waals surface area contributed by atoms with Gasteiger partial charge < -0.3 is 5.32 Å². The summed E-state index contributed by atoms with van der Waals surface area (Å²) < 4.78 is 0. The molecule has 1 heteroatoms. The van der Waals surface area contributed by atoms with Crippen LogP contribution in [0.4, 0.5) is 0 Å². The Hall–Kier alpha value is -0.820. The zero-order chi connectivity index (χ0) is 11.9. The van der Waals surface area contributed by atoms with Gasteiger partial charge in [0, 0.05) is 12.6 Å². The van der Waals surface area contributed by atoms with Crippen molar-refractivity contribution in [2.75, 3.05) is 0 Å². The molecule has 1 N–H and O–H groups in total. The molecule has 3 saturated carbocycles. The van der Waals surface area contributed by atoms with Gasteiger partial charge in [-0.05, 0) is 61.0 Å². The first-order valence-electron chi connectivity index (χ1n) is 7.71. The Bertz CT molecular complexity index is 435. The summed E-state index contributed by atoms with van der Waals surface area (Å²) in [5.41, 5.74) is 3.06. The lowest BCUT2D eigenvalue weighted by molar-refractivity contribution is 0.350. The number of benzene rings is 1. The molecule has 0 heterocycles. The molecule has 0 spiro atoms. The van der Waals surface area contributed by atoms with Crippen LogP contribution in [0.1, 0.15) is 55.6 Å². The molecule has 3 aliphatic rings. The molecule has 96 valence electrons. The van der Waals surface area contributed by atoms with E-state index in [4.69, 9.17) is 0 Å². The molecule has 0 aromatic heterocycles. The number of fused-ring (bicyclic) bond motifs is 2. The third kappa shape index (κ3) is 2.09. The highest BCUT2D eigenvalue weighted by Gasteiger charge is 2.38. The molecule has 2 bridgehead atoms. The Morgan fingerprint density at radius 1 is 1.06 bits per heavy atom. The average molecular weight is 241 g/mol. The van der Waals surface area contributed by atoms with Gasteiger partial charge in [0.25, 0.3) is 0 Å². The molecule has 0 radical (unpaired) electrons. The first kappa shape index (κ1) is 11.0. The van der Waals surface area contributed by atoms with E-state index in [1.54, 1.807) is 5.56 Å². The molecule has 3 atom stereocenters. The maximum Gasteiger partial charge on any atom is 0.0208 e. The summed E-state index contributed by atoms with van der Waals surface area (Å²) in [7, 11) is 0. The Morgan fingerprint density at radius 2 is 2.00 bits per heavy atom. The second-order valence-electron chi connectivity index (χ2n) is 6.68. The number of hydrogen-bond acceptors (Lipinski definition) is 1. The Labute approximate surface area is 110 Å². The lowest BCUT2D eigenvalue weighted by atomic mass is 9.95. The minimum absolute atomic E-state index is 0.813. The second kappa shape index (κ2) is 4.38. The van der Waals surface area contributed by atoms with Gasteiger partial charge in [0.2, 0.25) is 0 Å². The average Bonchev–Trinajstić information content (AvgIpc) is 3.06. The molecular formula is C17H23N. The summed E-state index contributed by atoms with van der Waals surface area (Å²) in [5, 5.41) is 3.82. The standard InChI is InChI=1S/C17H23N/c1-2-13(9-15(3-1)14-6-7-14)11-18-17-10-12-4-5-16(17)8-12/h1-3,9,12,14,16-18H,4-8,10-11H2. The fourth-order valence-corrected chi connectivity index (χ4v) is 4.12. The van der Waals surface area contributed by atoms with E-state index >= 15 is 0 Å². The van der Waals surface area contributed by atoms with Gasteiger partial charge in [-0.1, -0.05) is 30.7 Å². The monoisotopic (exact) mass is 241 g/mol. The second-order valence-corrected chi connectivity index (χ2v) is 6.68. The summed E-state index contributed by atoms with van der Waals surface area (Å²) >= 11 is 0. The lowest BCUT2D eigenvalue weighted by Gasteiger charge is -2.23. The summed E-state index contributed by atoms with van der Waals surface area (Å²) in [6.45, 7) is 1.08. The van der Waals surface area contributed by atoms with E-state index in [1.165, 1.54) is 44.1 Å². The fraction of sp³-hybridized carbons (Fsp3) is 0.647. The lowest BCUT2D eigenvalue weighted by Crippen LogP contribution is -2.33. The van der Waals surface area contributed by atoms with Crippen molar-refractivity contribution in [3.8, 4) is 0 Å². The quantitative estimate of drug-likeness (QED) is 0.844. The largest absolute Gasteiger partial charge is 0.310 e. The molecule has 1 aromatic carbocycles. The van der Waals surface area contributed by atoms with Crippen molar-refractivity contribution in [2.45, 2.75) is 57.0 Å². The van der Waals surface area contributed by atoms with Gasteiger partial charge in [0.1, 0.15) is 0 Å². The van der Waals surface area contributed by atoms with E-state index in [0.717, 1.165) is 30.3 Å². The van der Waals surface area contributed by atoms with Crippen molar-refractivity contribution in [3.05, 3.63) is 35.4 Å². The molecule has 18 heavy (non-hydrogen) atoms. The minimum atomic E-state index is 0.813.